The Morgan fingerprint density at radius 2 is 1.92 bits per heavy atom. The van der Waals surface area contributed by atoms with Crippen molar-refractivity contribution in [1.29, 1.82) is 0 Å². The summed E-state index contributed by atoms with van der Waals surface area (Å²) in [7, 11) is 0. The van der Waals surface area contributed by atoms with E-state index in [1.165, 1.54) is 24.8 Å². The Balaban J connectivity index is 1.50. The Kier molecular flexibility index (Phi) is 3.35. The summed E-state index contributed by atoms with van der Waals surface area (Å²) in [5, 5.41) is 0. The number of hydrogen-bond donors (Lipinski definition) is 0. The third-order valence-electron chi connectivity index (χ3n) is 8.93. The van der Waals surface area contributed by atoms with Gasteiger partial charge in [-0.25, -0.2) is 0 Å². The first-order valence-electron chi connectivity index (χ1n) is 10.4. The van der Waals surface area contributed by atoms with E-state index in [0.29, 0.717) is 30.0 Å². The van der Waals surface area contributed by atoms with E-state index in [0.717, 1.165) is 43.9 Å². The van der Waals surface area contributed by atoms with Crippen molar-refractivity contribution in [2.24, 2.45) is 35.0 Å². The molecule has 4 aliphatic carbocycles. The molecule has 1 saturated heterocycles. The van der Waals surface area contributed by atoms with E-state index < -0.39 is 0 Å². The molecule has 4 fully saturated rings. The molecule has 0 bridgehead atoms. The summed E-state index contributed by atoms with van der Waals surface area (Å²) in [4.78, 5) is 23.8. The highest BCUT2D eigenvalue weighted by atomic mass is 16.6. The Morgan fingerprint density at radius 1 is 1.08 bits per heavy atom. The fourth-order valence-electron chi connectivity index (χ4n) is 8.04. The maximum Gasteiger partial charge on any atom is 0.306 e. The van der Waals surface area contributed by atoms with E-state index >= 15 is 0 Å². The van der Waals surface area contributed by atoms with Gasteiger partial charge in [0.05, 0.1) is 0 Å². The molecule has 1 aliphatic heterocycles. The average Bonchev–Trinajstić information content (AvgIpc) is 3.08. The number of carbonyl (C=O) groups excluding carboxylic acids is 2. The molecule has 25 heavy (non-hydrogen) atoms. The zero-order valence-corrected chi connectivity index (χ0v) is 15.6. The minimum Gasteiger partial charge on any atom is -0.458 e. The lowest BCUT2D eigenvalue weighted by atomic mass is 9.47. The van der Waals surface area contributed by atoms with Gasteiger partial charge in [-0.2, -0.15) is 0 Å². The molecule has 5 rings (SSSR count). The summed E-state index contributed by atoms with van der Waals surface area (Å²) in [6.07, 6.45) is 11.2. The van der Waals surface area contributed by atoms with E-state index in [2.05, 4.69) is 13.8 Å². The highest BCUT2D eigenvalue weighted by Gasteiger charge is 2.67. The van der Waals surface area contributed by atoms with Crippen LogP contribution in [0.3, 0.4) is 0 Å². The molecule has 0 radical (unpaired) electrons. The van der Waals surface area contributed by atoms with Gasteiger partial charge in [0.25, 0.3) is 0 Å². The maximum absolute atomic E-state index is 11.9. The third kappa shape index (κ3) is 2.04. The molecular formula is C22H30O3. The van der Waals surface area contributed by atoms with Crippen LogP contribution in [-0.2, 0) is 14.3 Å². The number of ether oxygens (including phenoxy) is 1. The van der Waals surface area contributed by atoms with Crippen LogP contribution in [-0.4, -0.2) is 17.4 Å². The summed E-state index contributed by atoms with van der Waals surface area (Å²) < 4.78 is 6.04. The van der Waals surface area contributed by atoms with Crippen LogP contribution in [0, 0.1) is 35.0 Å². The first-order valence-corrected chi connectivity index (χ1v) is 10.4. The molecule has 3 heteroatoms. The maximum atomic E-state index is 11.9. The number of rotatable bonds is 0. The minimum absolute atomic E-state index is 0.0244. The van der Waals surface area contributed by atoms with Crippen molar-refractivity contribution in [3.05, 3.63) is 11.6 Å². The Bertz CT molecular complexity index is 664. The van der Waals surface area contributed by atoms with Crippen LogP contribution < -0.4 is 0 Å². The van der Waals surface area contributed by atoms with Crippen molar-refractivity contribution < 1.29 is 14.3 Å². The Labute approximate surface area is 150 Å². The first-order chi connectivity index (χ1) is 11.9. The number of hydrogen-bond acceptors (Lipinski definition) is 3. The van der Waals surface area contributed by atoms with Gasteiger partial charge in [-0.15, -0.1) is 0 Å². The second kappa shape index (κ2) is 5.20. The summed E-state index contributed by atoms with van der Waals surface area (Å²) in [5.41, 5.74) is 1.44. The lowest BCUT2D eigenvalue weighted by Crippen LogP contribution is -2.55. The molecule has 0 N–H and O–H groups in total. The van der Waals surface area contributed by atoms with E-state index in [-0.39, 0.29) is 17.0 Å². The van der Waals surface area contributed by atoms with Gasteiger partial charge in [-0.05, 0) is 80.6 Å². The van der Waals surface area contributed by atoms with Crippen LogP contribution in [0.1, 0.15) is 71.6 Å². The SMILES string of the molecule is C[C@H]1C[C@@]2(C)C(CC[C@]23CCC(=O)O3)C2CCC3=CC(=O)CCC3C21. The van der Waals surface area contributed by atoms with Gasteiger partial charge in [0, 0.05) is 18.3 Å². The lowest BCUT2D eigenvalue weighted by Gasteiger charge is -2.58. The summed E-state index contributed by atoms with van der Waals surface area (Å²) in [6.45, 7) is 4.87. The van der Waals surface area contributed by atoms with Gasteiger partial charge >= 0.3 is 5.97 Å². The molecule has 1 spiro atoms. The molecule has 136 valence electrons. The van der Waals surface area contributed by atoms with Crippen LogP contribution in [0.2, 0.25) is 0 Å². The molecule has 0 aromatic carbocycles. The normalized spacial score (nSPS) is 51.6. The molecule has 3 nitrogen and oxygen atoms in total. The molecule has 7 atom stereocenters. The number of carbonyl (C=O) groups is 2. The zero-order chi connectivity index (χ0) is 17.4. The van der Waals surface area contributed by atoms with Crippen molar-refractivity contribution in [3.8, 4) is 0 Å². The molecule has 4 unspecified atom stereocenters. The molecule has 5 aliphatic rings. The van der Waals surface area contributed by atoms with Crippen molar-refractivity contribution in [2.75, 3.05) is 0 Å². The summed E-state index contributed by atoms with van der Waals surface area (Å²) in [6, 6.07) is 0. The zero-order valence-electron chi connectivity index (χ0n) is 15.6. The minimum atomic E-state index is -0.174. The second-order valence-electron chi connectivity index (χ2n) is 9.82. The smallest absolute Gasteiger partial charge is 0.306 e. The third-order valence-corrected chi connectivity index (χ3v) is 8.93. The van der Waals surface area contributed by atoms with Crippen molar-refractivity contribution in [2.45, 2.75) is 77.2 Å². The predicted octanol–water partition coefficient (Wildman–Crippen LogP) is 4.45. The fraction of sp³-hybridized carbons (Fsp3) is 0.818. The van der Waals surface area contributed by atoms with Crippen LogP contribution >= 0.6 is 0 Å². The molecule has 1 heterocycles. The fourth-order valence-corrected chi connectivity index (χ4v) is 8.04. The summed E-state index contributed by atoms with van der Waals surface area (Å²) in [5.74, 6) is 3.84. The van der Waals surface area contributed by atoms with Gasteiger partial charge in [-0.1, -0.05) is 19.4 Å². The van der Waals surface area contributed by atoms with Crippen molar-refractivity contribution >= 4 is 11.8 Å². The molecular weight excluding hydrogens is 312 g/mol. The first kappa shape index (κ1) is 16.1. The van der Waals surface area contributed by atoms with Gasteiger partial charge in [0.15, 0.2) is 5.78 Å². The topological polar surface area (TPSA) is 43.4 Å². The molecule has 0 aromatic heterocycles. The number of allylic oxidation sites excluding steroid dienone is 1. The average molecular weight is 342 g/mol. The van der Waals surface area contributed by atoms with Crippen molar-refractivity contribution in [3.63, 3.8) is 0 Å². The van der Waals surface area contributed by atoms with Crippen molar-refractivity contribution in [1.82, 2.24) is 0 Å². The van der Waals surface area contributed by atoms with Gasteiger partial charge in [-0.3, -0.25) is 9.59 Å². The monoisotopic (exact) mass is 342 g/mol. The Morgan fingerprint density at radius 3 is 2.68 bits per heavy atom. The van der Waals surface area contributed by atoms with Crippen LogP contribution in [0.4, 0.5) is 0 Å². The Hall–Kier alpha value is -1.12. The molecule has 3 saturated carbocycles. The van der Waals surface area contributed by atoms with Crippen LogP contribution in [0.15, 0.2) is 11.6 Å². The second-order valence-corrected chi connectivity index (χ2v) is 9.82. The summed E-state index contributed by atoms with van der Waals surface area (Å²) >= 11 is 0. The lowest BCUT2D eigenvalue weighted by molar-refractivity contribution is -0.170. The highest BCUT2D eigenvalue weighted by Crippen LogP contribution is 2.68. The number of fused-ring (bicyclic) bond motifs is 6. The number of ketones is 1. The number of esters is 1. The van der Waals surface area contributed by atoms with E-state index in [9.17, 15) is 9.59 Å². The molecule has 0 aromatic rings. The largest absolute Gasteiger partial charge is 0.458 e. The van der Waals surface area contributed by atoms with Gasteiger partial charge in [0.1, 0.15) is 5.60 Å². The highest BCUT2D eigenvalue weighted by molar-refractivity contribution is 5.91. The standard InChI is InChI=1S/C22H30O3/c1-13-12-21(2)18(7-9-22(21)10-8-19(24)25-22)17-5-3-14-11-15(23)4-6-16(14)20(13)17/h11,13,16-18,20H,3-10,12H2,1-2H3/t13-,16?,17?,18?,20?,21-,22-/m0/s1. The predicted molar refractivity (Wildman–Crippen MR) is 94.7 cm³/mol. The quantitative estimate of drug-likeness (QED) is 0.611. The van der Waals surface area contributed by atoms with E-state index in [4.69, 9.17) is 4.74 Å². The van der Waals surface area contributed by atoms with E-state index in [1.54, 1.807) is 0 Å². The molecule has 0 amide bonds. The van der Waals surface area contributed by atoms with E-state index in [1.807, 2.05) is 6.08 Å². The van der Waals surface area contributed by atoms with Crippen LogP contribution in [0.5, 0.6) is 0 Å². The van der Waals surface area contributed by atoms with Crippen LogP contribution in [0.25, 0.3) is 0 Å². The van der Waals surface area contributed by atoms with Gasteiger partial charge < -0.3 is 4.74 Å². The van der Waals surface area contributed by atoms with Gasteiger partial charge in [0.2, 0.25) is 0 Å².